The number of hydrogen-bond acceptors (Lipinski definition) is 6. The summed E-state index contributed by atoms with van der Waals surface area (Å²) < 4.78 is 32.6. The van der Waals surface area contributed by atoms with Crippen molar-refractivity contribution in [2.75, 3.05) is 0 Å². The maximum absolute atomic E-state index is 12.5. The highest BCUT2D eigenvalue weighted by Gasteiger charge is 2.18. The lowest BCUT2D eigenvalue weighted by Gasteiger charge is -2.10. The van der Waals surface area contributed by atoms with Gasteiger partial charge in [-0.1, -0.05) is 41.9 Å². The summed E-state index contributed by atoms with van der Waals surface area (Å²) in [4.78, 5) is 22.2. The molecule has 10 heteroatoms. The van der Waals surface area contributed by atoms with E-state index in [0.29, 0.717) is 0 Å². The second-order valence-corrected chi connectivity index (χ2v) is 8.27. The third-order valence-electron chi connectivity index (χ3n) is 4.04. The Hall–Kier alpha value is -3.27. The first-order valence-electron chi connectivity index (χ1n) is 8.56. The molecule has 0 aromatic heterocycles. The lowest BCUT2D eigenvalue weighted by Crippen LogP contribution is -2.23. The zero-order valence-corrected chi connectivity index (χ0v) is 16.9. The molecule has 0 aliphatic rings. The number of nitrogens with one attached hydrogen (secondary N) is 1. The Bertz CT molecular complexity index is 1180. The molecule has 0 fully saturated rings. The number of rotatable bonds is 7. The van der Waals surface area contributed by atoms with E-state index in [1.54, 1.807) is 24.3 Å². The molecule has 3 rings (SSSR count). The molecule has 0 heterocycles. The van der Waals surface area contributed by atoms with Gasteiger partial charge in [-0.15, -0.1) is 0 Å². The molecule has 3 aromatic rings. The molecule has 0 amide bonds. The Kier molecular flexibility index (Phi) is 6.46. The average molecular weight is 447 g/mol. The molecular weight excluding hydrogens is 432 g/mol. The highest BCUT2D eigenvalue weighted by Crippen LogP contribution is 2.28. The van der Waals surface area contributed by atoms with Crippen LogP contribution in [0.2, 0.25) is 5.02 Å². The smallest absolute Gasteiger partial charge is 0.343 e. The quantitative estimate of drug-likeness (QED) is 0.254. The van der Waals surface area contributed by atoms with Crippen molar-refractivity contribution in [2.45, 2.75) is 11.4 Å². The number of carbonyl (C=O) groups excluding carboxylic acids is 1. The highest BCUT2D eigenvalue weighted by atomic mass is 35.5. The number of esters is 1. The first kappa shape index (κ1) is 21.4. The first-order chi connectivity index (χ1) is 14.3. The van der Waals surface area contributed by atoms with Crippen LogP contribution in [0.15, 0.2) is 77.7 Å². The van der Waals surface area contributed by atoms with Gasteiger partial charge >= 0.3 is 5.97 Å². The number of non-ortho nitro benzene ring substituents is 1. The van der Waals surface area contributed by atoms with Crippen LogP contribution < -0.4 is 9.46 Å². The maximum atomic E-state index is 12.5. The summed E-state index contributed by atoms with van der Waals surface area (Å²) in [6, 6.07) is 17.6. The lowest BCUT2D eigenvalue weighted by atomic mass is 10.2. The fraction of sp³-hybridized carbons (Fsp3) is 0.0500. The van der Waals surface area contributed by atoms with E-state index in [0.717, 1.165) is 5.56 Å². The Balaban J connectivity index is 1.71. The Labute approximate surface area is 177 Å². The highest BCUT2D eigenvalue weighted by molar-refractivity contribution is 7.89. The van der Waals surface area contributed by atoms with Gasteiger partial charge in [-0.3, -0.25) is 10.1 Å². The van der Waals surface area contributed by atoms with Crippen molar-refractivity contribution in [1.82, 2.24) is 4.72 Å². The fourth-order valence-corrected chi connectivity index (χ4v) is 3.79. The number of nitrogens with zero attached hydrogens (tertiary/aromatic N) is 1. The van der Waals surface area contributed by atoms with Crippen molar-refractivity contribution in [1.29, 1.82) is 0 Å². The van der Waals surface area contributed by atoms with Crippen molar-refractivity contribution < 1.29 is 22.9 Å². The Morgan fingerprint density at radius 3 is 2.30 bits per heavy atom. The molecule has 30 heavy (non-hydrogen) atoms. The van der Waals surface area contributed by atoms with Gasteiger partial charge in [-0.25, -0.2) is 17.9 Å². The van der Waals surface area contributed by atoms with Gasteiger partial charge in [0.15, 0.2) is 0 Å². The molecule has 0 spiro atoms. The predicted octanol–water partition coefficient (Wildman–Crippen LogP) is 3.95. The van der Waals surface area contributed by atoms with Crippen molar-refractivity contribution in [3.8, 4) is 5.75 Å². The van der Waals surface area contributed by atoms with Gasteiger partial charge in [0.25, 0.3) is 5.69 Å². The topological polar surface area (TPSA) is 116 Å². The number of halogens is 1. The Morgan fingerprint density at radius 2 is 1.70 bits per heavy atom. The van der Waals surface area contributed by atoms with Crippen LogP contribution in [0.4, 0.5) is 5.69 Å². The number of hydrogen-bond donors (Lipinski definition) is 1. The average Bonchev–Trinajstić information content (AvgIpc) is 2.74. The number of nitro groups is 1. The van der Waals surface area contributed by atoms with Gasteiger partial charge in [0.2, 0.25) is 10.0 Å². The first-order valence-corrected chi connectivity index (χ1v) is 10.4. The van der Waals surface area contributed by atoms with Crippen LogP contribution in [0.3, 0.4) is 0 Å². The van der Waals surface area contributed by atoms with Gasteiger partial charge in [-0.2, -0.15) is 0 Å². The minimum Gasteiger partial charge on any atom is -0.421 e. The lowest BCUT2D eigenvalue weighted by molar-refractivity contribution is -0.384. The third kappa shape index (κ3) is 5.20. The molecule has 0 aliphatic carbocycles. The summed E-state index contributed by atoms with van der Waals surface area (Å²) in [7, 11) is -3.83. The van der Waals surface area contributed by atoms with Crippen molar-refractivity contribution in [3.63, 3.8) is 0 Å². The molecule has 0 saturated carbocycles. The summed E-state index contributed by atoms with van der Waals surface area (Å²) in [5, 5.41) is 10.6. The maximum Gasteiger partial charge on any atom is 0.343 e. The van der Waals surface area contributed by atoms with E-state index in [4.69, 9.17) is 16.3 Å². The predicted molar refractivity (Wildman–Crippen MR) is 110 cm³/mol. The molecule has 0 bridgehead atoms. The molecule has 1 N–H and O–H groups in total. The van der Waals surface area contributed by atoms with Crippen molar-refractivity contribution in [2.24, 2.45) is 0 Å². The summed E-state index contributed by atoms with van der Waals surface area (Å²) in [5.74, 6) is -0.827. The van der Waals surface area contributed by atoms with Crippen LogP contribution in [-0.4, -0.2) is 19.3 Å². The van der Waals surface area contributed by atoms with Crippen LogP contribution in [0.5, 0.6) is 5.75 Å². The summed E-state index contributed by atoms with van der Waals surface area (Å²) in [6.45, 7) is 0.109. The molecule has 0 unspecified atom stereocenters. The van der Waals surface area contributed by atoms with Crippen LogP contribution >= 0.6 is 11.6 Å². The van der Waals surface area contributed by atoms with Crippen LogP contribution in [-0.2, 0) is 16.6 Å². The fourth-order valence-electron chi connectivity index (χ4n) is 2.47. The van der Waals surface area contributed by atoms with Gasteiger partial charge in [0, 0.05) is 18.7 Å². The van der Waals surface area contributed by atoms with Gasteiger partial charge < -0.3 is 4.74 Å². The number of ether oxygens (including phenoxy) is 1. The molecule has 0 radical (unpaired) electrons. The molecule has 0 atom stereocenters. The van der Waals surface area contributed by atoms with E-state index >= 15 is 0 Å². The summed E-state index contributed by atoms with van der Waals surface area (Å²) >= 11 is 6.09. The molecule has 8 nitrogen and oxygen atoms in total. The standard InChI is InChI=1S/C20H15ClN2O6S/c21-18-12-17(30(27,28)22-13-14-4-2-1-3-5-14)10-11-19(18)29-20(24)15-6-8-16(9-7-15)23(25)26/h1-12,22H,13H2. The zero-order valence-electron chi connectivity index (χ0n) is 15.3. The van der Waals surface area contributed by atoms with E-state index < -0.39 is 20.9 Å². The number of carbonyl (C=O) groups is 1. The number of sulfonamides is 1. The molecule has 0 saturated heterocycles. The van der Waals surface area contributed by atoms with E-state index in [2.05, 4.69) is 4.72 Å². The van der Waals surface area contributed by atoms with Gasteiger partial charge in [-0.05, 0) is 35.9 Å². The minimum absolute atomic E-state index is 0.0398. The summed E-state index contributed by atoms with van der Waals surface area (Å²) in [5.41, 5.74) is 0.709. The van der Waals surface area contributed by atoms with E-state index in [1.807, 2.05) is 6.07 Å². The van der Waals surface area contributed by atoms with E-state index in [-0.39, 0.29) is 33.5 Å². The van der Waals surface area contributed by atoms with Crippen LogP contribution in [0, 0.1) is 10.1 Å². The van der Waals surface area contributed by atoms with E-state index in [9.17, 15) is 23.3 Å². The minimum atomic E-state index is -3.83. The molecule has 3 aromatic carbocycles. The van der Waals surface area contributed by atoms with E-state index in [1.165, 1.54) is 42.5 Å². The van der Waals surface area contributed by atoms with Crippen molar-refractivity contribution in [3.05, 3.63) is 99.1 Å². The normalized spacial score (nSPS) is 11.1. The monoisotopic (exact) mass is 446 g/mol. The second-order valence-electron chi connectivity index (χ2n) is 6.10. The summed E-state index contributed by atoms with van der Waals surface area (Å²) in [6.07, 6.45) is 0. The van der Waals surface area contributed by atoms with Gasteiger partial charge in [0.1, 0.15) is 5.75 Å². The molecule has 0 aliphatic heterocycles. The molecular formula is C20H15ClN2O6S. The van der Waals surface area contributed by atoms with Crippen molar-refractivity contribution >= 4 is 33.3 Å². The third-order valence-corrected chi connectivity index (χ3v) is 5.73. The Morgan fingerprint density at radius 1 is 1.03 bits per heavy atom. The largest absolute Gasteiger partial charge is 0.421 e. The van der Waals surface area contributed by atoms with Crippen LogP contribution in [0.25, 0.3) is 0 Å². The SMILES string of the molecule is O=C(Oc1ccc(S(=O)(=O)NCc2ccccc2)cc1Cl)c1ccc([N+](=O)[O-])cc1. The van der Waals surface area contributed by atoms with Crippen LogP contribution in [0.1, 0.15) is 15.9 Å². The number of nitro benzene ring substituents is 1. The second kappa shape index (κ2) is 9.04. The number of benzene rings is 3. The van der Waals surface area contributed by atoms with Gasteiger partial charge in [0.05, 0.1) is 20.4 Å². The molecule has 154 valence electrons. The zero-order chi connectivity index (χ0) is 21.7.